The van der Waals surface area contributed by atoms with E-state index in [1.807, 2.05) is 39.0 Å². The van der Waals surface area contributed by atoms with Gasteiger partial charge in [0.25, 0.3) is 0 Å². The minimum absolute atomic E-state index is 0.0737. The Labute approximate surface area is 306 Å². The van der Waals surface area contributed by atoms with E-state index in [2.05, 4.69) is 113 Å². The predicted molar refractivity (Wildman–Crippen MR) is 211 cm³/mol. The minimum atomic E-state index is 0.0737. The summed E-state index contributed by atoms with van der Waals surface area (Å²) in [7, 11) is 0. The maximum Gasteiger partial charge on any atom is 0.331 e. The minimum Gasteiger partial charge on any atom is -0.424 e. The molecule has 6 nitrogen and oxygen atoms in total. The van der Waals surface area contributed by atoms with Crippen LogP contribution in [-0.2, 0) is 19.3 Å². The average Bonchev–Trinajstić information content (AvgIpc) is 3.08. The molecule has 0 N–H and O–H groups in total. The topological polar surface area (TPSA) is 66.4 Å². The van der Waals surface area contributed by atoms with Gasteiger partial charge in [0.05, 0.1) is 0 Å². The van der Waals surface area contributed by atoms with Crippen molar-refractivity contribution in [2.45, 2.75) is 119 Å². The summed E-state index contributed by atoms with van der Waals surface area (Å²) in [6.07, 6.45) is 5.11. The number of allylic oxidation sites excluding steroid dienone is 3. The molecule has 0 aliphatic carbocycles. The van der Waals surface area contributed by atoms with E-state index in [-0.39, 0.29) is 18.0 Å². The fourth-order valence-corrected chi connectivity index (χ4v) is 5.87. The van der Waals surface area contributed by atoms with Crippen LogP contribution in [0.25, 0.3) is 0 Å². The predicted octanol–water partition coefficient (Wildman–Crippen LogP) is 13.1. The molecule has 270 valence electrons. The van der Waals surface area contributed by atoms with Crippen LogP contribution in [0.3, 0.4) is 0 Å². The summed E-state index contributed by atoms with van der Waals surface area (Å²) >= 11 is 0. The van der Waals surface area contributed by atoms with Crippen LogP contribution < -0.4 is 14.2 Å². The van der Waals surface area contributed by atoms with Crippen LogP contribution in [0.15, 0.2) is 91.1 Å². The summed E-state index contributed by atoms with van der Waals surface area (Å²) in [6, 6.07) is 19.1. The smallest absolute Gasteiger partial charge is 0.331 e. The maximum absolute atomic E-state index is 6.46. The van der Waals surface area contributed by atoms with E-state index in [0.717, 1.165) is 52.7 Å². The number of benzene rings is 3. The van der Waals surface area contributed by atoms with Crippen LogP contribution in [0.1, 0.15) is 133 Å². The molecule has 0 saturated carbocycles. The Hall–Kier alpha value is -4.71. The third-order valence-corrected chi connectivity index (χ3v) is 9.45. The monoisotopic (exact) mass is 687 g/mol. The number of rotatable bonds is 18. The average molecular weight is 688 g/mol. The summed E-state index contributed by atoms with van der Waals surface area (Å²) in [5.74, 6) is 3.20. The van der Waals surface area contributed by atoms with Gasteiger partial charge in [0.2, 0.25) is 0 Å². The molecule has 3 unspecified atom stereocenters. The van der Waals surface area contributed by atoms with Crippen molar-refractivity contribution in [3.8, 4) is 35.3 Å². The van der Waals surface area contributed by atoms with Crippen molar-refractivity contribution < 1.29 is 14.2 Å². The molecular formula is C45H57N3O3. The Morgan fingerprint density at radius 2 is 0.745 bits per heavy atom. The van der Waals surface area contributed by atoms with Gasteiger partial charge in [0, 0.05) is 0 Å². The molecule has 3 atom stereocenters. The maximum atomic E-state index is 6.46. The first-order chi connectivity index (χ1) is 24.3. The molecule has 0 aliphatic rings. The van der Waals surface area contributed by atoms with Crippen molar-refractivity contribution in [3.63, 3.8) is 0 Å². The van der Waals surface area contributed by atoms with Gasteiger partial charge < -0.3 is 14.2 Å². The van der Waals surface area contributed by atoms with Crippen molar-refractivity contribution >= 4 is 0 Å². The first kappa shape index (κ1) is 39.1. The van der Waals surface area contributed by atoms with Gasteiger partial charge >= 0.3 is 18.0 Å². The Bertz CT molecular complexity index is 1630. The molecule has 0 spiro atoms. The van der Waals surface area contributed by atoms with Crippen molar-refractivity contribution in [2.24, 2.45) is 0 Å². The molecular weight excluding hydrogens is 631 g/mol. The van der Waals surface area contributed by atoms with Gasteiger partial charge in [-0.25, -0.2) is 0 Å². The van der Waals surface area contributed by atoms with Crippen molar-refractivity contribution in [1.29, 1.82) is 0 Å². The Kier molecular flexibility index (Phi) is 13.8. The fourth-order valence-electron chi connectivity index (χ4n) is 5.87. The fraction of sp³-hybridized carbons (Fsp3) is 0.400. The van der Waals surface area contributed by atoms with E-state index in [9.17, 15) is 0 Å². The van der Waals surface area contributed by atoms with Crippen molar-refractivity contribution in [3.05, 3.63) is 124 Å². The molecule has 51 heavy (non-hydrogen) atoms. The largest absolute Gasteiger partial charge is 0.424 e. The third-order valence-electron chi connectivity index (χ3n) is 9.45. The molecule has 3 aromatic carbocycles. The van der Waals surface area contributed by atoms with Gasteiger partial charge in [-0.2, -0.15) is 0 Å². The second-order valence-electron chi connectivity index (χ2n) is 14.4. The first-order valence-corrected chi connectivity index (χ1v) is 18.4. The van der Waals surface area contributed by atoms with Crippen molar-refractivity contribution in [1.82, 2.24) is 15.0 Å². The Morgan fingerprint density at radius 1 is 0.490 bits per heavy atom. The van der Waals surface area contributed by atoms with Crippen LogP contribution in [0, 0.1) is 0 Å². The first-order valence-electron chi connectivity index (χ1n) is 18.4. The van der Waals surface area contributed by atoms with Crippen molar-refractivity contribution in [2.75, 3.05) is 0 Å². The number of nitrogens with zero attached hydrogens (tertiary/aromatic N) is 3. The molecule has 0 aliphatic heterocycles. The van der Waals surface area contributed by atoms with E-state index in [1.165, 1.54) is 16.7 Å². The third kappa shape index (κ3) is 10.9. The lowest BCUT2D eigenvalue weighted by molar-refractivity contribution is 0.358. The van der Waals surface area contributed by atoms with Gasteiger partial charge in [-0.1, -0.05) is 114 Å². The van der Waals surface area contributed by atoms with E-state index >= 15 is 0 Å². The quantitative estimate of drug-likeness (QED) is 0.0970. The van der Waals surface area contributed by atoms with E-state index in [1.54, 1.807) is 0 Å². The molecule has 1 heterocycles. The molecule has 0 radical (unpaired) electrons. The zero-order valence-corrected chi connectivity index (χ0v) is 32.4. The SMILES string of the molecule is C=C(C)Cc1cc(C(C)CC)ccc1Oc1nc(Oc2ccc(C(C)CC)cc2CC(=C)C)nc(Oc2ccc(C(C)CC)cc2CC(=C)C)n1. The zero-order valence-electron chi connectivity index (χ0n) is 32.4. The highest BCUT2D eigenvalue weighted by molar-refractivity contribution is 5.45. The summed E-state index contributed by atoms with van der Waals surface area (Å²) in [5.41, 5.74) is 9.88. The van der Waals surface area contributed by atoms with E-state index < -0.39 is 0 Å². The molecule has 4 rings (SSSR count). The second-order valence-corrected chi connectivity index (χ2v) is 14.4. The van der Waals surface area contributed by atoms with E-state index in [0.29, 0.717) is 54.3 Å². The highest BCUT2D eigenvalue weighted by atomic mass is 16.5. The number of hydrogen-bond donors (Lipinski definition) is 0. The summed E-state index contributed by atoms with van der Waals surface area (Å²) in [6.45, 7) is 31.8. The van der Waals surface area contributed by atoms with E-state index in [4.69, 9.17) is 14.2 Å². The Balaban J connectivity index is 1.83. The van der Waals surface area contributed by atoms with Crippen LogP contribution in [0.5, 0.6) is 35.3 Å². The van der Waals surface area contributed by atoms with Gasteiger partial charge in [-0.3, -0.25) is 0 Å². The standard InChI is InChI=1S/C45H57N3O3/c1-13-31(10)34-16-19-40(37(25-34)22-28(4)5)49-43-46-44(50-41-20-17-35(32(11)14-2)26-38(41)23-29(6)7)48-45(47-43)51-42-21-18-36(33(12)15-3)27-39(42)24-30(8)9/h16-21,25-27,31-33H,4,6,8,13-15,22-24H2,1-3,5,7,9-12H3. The number of hydrogen-bond acceptors (Lipinski definition) is 6. The molecule has 0 bridgehead atoms. The highest BCUT2D eigenvalue weighted by Gasteiger charge is 2.19. The summed E-state index contributed by atoms with van der Waals surface area (Å²) < 4.78 is 19.4. The van der Waals surface area contributed by atoms with Crippen LogP contribution >= 0.6 is 0 Å². The lowest BCUT2D eigenvalue weighted by Crippen LogP contribution is -2.05. The lowest BCUT2D eigenvalue weighted by Gasteiger charge is -2.17. The summed E-state index contributed by atoms with van der Waals surface area (Å²) in [5, 5.41) is 0. The molecule has 0 amide bonds. The van der Waals surface area contributed by atoms with Crippen LogP contribution in [-0.4, -0.2) is 15.0 Å². The van der Waals surface area contributed by atoms with Gasteiger partial charge in [0.15, 0.2) is 0 Å². The lowest BCUT2D eigenvalue weighted by atomic mass is 9.94. The van der Waals surface area contributed by atoms with Gasteiger partial charge in [-0.05, 0) is 129 Å². The molecule has 0 saturated heterocycles. The molecule has 0 fully saturated rings. The number of ether oxygens (including phenoxy) is 3. The normalized spacial score (nSPS) is 12.9. The zero-order chi connectivity index (χ0) is 37.2. The highest BCUT2D eigenvalue weighted by Crippen LogP contribution is 2.35. The van der Waals surface area contributed by atoms with Crippen LogP contribution in [0.4, 0.5) is 0 Å². The van der Waals surface area contributed by atoms with Gasteiger partial charge in [0.1, 0.15) is 17.2 Å². The Morgan fingerprint density at radius 3 is 0.961 bits per heavy atom. The molecule has 6 heteroatoms. The van der Waals surface area contributed by atoms with Gasteiger partial charge in [-0.15, -0.1) is 15.0 Å². The second kappa shape index (κ2) is 18.0. The molecule has 1 aromatic heterocycles. The summed E-state index contributed by atoms with van der Waals surface area (Å²) in [4.78, 5) is 14.0. The van der Waals surface area contributed by atoms with Crippen LogP contribution in [0.2, 0.25) is 0 Å². The molecule has 4 aromatic rings. The number of aromatic nitrogens is 3.